The Morgan fingerprint density at radius 1 is 1.11 bits per heavy atom. The molecule has 0 aliphatic rings. The van der Waals surface area contributed by atoms with Crippen molar-refractivity contribution in [1.82, 2.24) is 5.32 Å². The molecule has 0 aliphatic heterocycles. The molecule has 0 atom stereocenters. The number of hydrogen-bond acceptors (Lipinski definition) is 4. The Morgan fingerprint density at radius 3 is 2.74 bits per heavy atom. The van der Waals surface area contributed by atoms with E-state index >= 15 is 0 Å². The number of aromatic hydroxyl groups is 1. The first-order valence-corrected chi connectivity index (χ1v) is 8.41. The van der Waals surface area contributed by atoms with Gasteiger partial charge in [-0.3, -0.25) is 0 Å². The van der Waals surface area contributed by atoms with Crippen molar-refractivity contribution in [3.63, 3.8) is 0 Å². The number of fused-ring (bicyclic) bond motifs is 1. The van der Waals surface area contributed by atoms with Crippen LogP contribution in [-0.2, 0) is 13.1 Å². The molecule has 98 valence electrons. The fourth-order valence-electron chi connectivity index (χ4n) is 2.00. The third kappa shape index (κ3) is 2.84. The molecule has 1 aromatic carbocycles. The summed E-state index contributed by atoms with van der Waals surface area (Å²) < 4.78 is 2.31. The molecule has 0 radical (unpaired) electrons. The van der Waals surface area contributed by atoms with E-state index in [1.807, 2.05) is 17.5 Å². The van der Waals surface area contributed by atoms with Crippen molar-refractivity contribution in [1.29, 1.82) is 0 Å². The van der Waals surface area contributed by atoms with Crippen molar-refractivity contribution in [3.8, 4) is 5.75 Å². The molecule has 3 aromatic rings. The Bertz CT molecular complexity index is 704. The predicted molar refractivity (Wildman–Crippen MR) is 86.1 cm³/mol. The largest absolute Gasteiger partial charge is 0.507 e. The van der Waals surface area contributed by atoms with E-state index in [2.05, 4.69) is 38.8 Å². The van der Waals surface area contributed by atoms with Crippen LogP contribution >= 0.6 is 38.6 Å². The van der Waals surface area contributed by atoms with Crippen molar-refractivity contribution in [2.75, 3.05) is 0 Å². The maximum atomic E-state index is 9.94. The quantitative estimate of drug-likeness (QED) is 0.711. The van der Waals surface area contributed by atoms with Gasteiger partial charge in [0.1, 0.15) is 5.75 Å². The average molecular weight is 354 g/mol. The average Bonchev–Trinajstić information content (AvgIpc) is 2.99. The predicted octanol–water partition coefficient (Wildman–Crippen LogP) is 4.72. The first kappa shape index (κ1) is 13.1. The summed E-state index contributed by atoms with van der Waals surface area (Å²) in [6.45, 7) is 1.58. The van der Waals surface area contributed by atoms with Crippen LogP contribution in [0.1, 0.15) is 11.1 Å². The van der Waals surface area contributed by atoms with Gasteiger partial charge >= 0.3 is 0 Å². The maximum Gasteiger partial charge on any atom is 0.124 e. The molecular formula is C14H12BrNOS2. The lowest BCUT2D eigenvalue weighted by atomic mass is 10.1. The van der Waals surface area contributed by atoms with Gasteiger partial charge in [0.15, 0.2) is 0 Å². The van der Waals surface area contributed by atoms with E-state index in [1.165, 1.54) is 9.35 Å². The minimum absolute atomic E-state index is 0.368. The molecule has 2 N–H and O–H groups in total. The standard InChI is InChI=1S/C14H12BrNOS2/c15-14-10(1-3-19-14)8-16-7-9-5-12(17)11-2-4-18-13(11)6-9/h1-6,16-17H,7-8H2. The zero-order chi connectivity index (χ0) is 13.2. The lowest BCUT2D eigenvalue weighted by Gasteiger charge is -2.06. The maximum absolute atomic E-state index is 9.94. The number of phenols is 1. The summed E-state index contributed by atoms with van der Waals surface area (Å²) in [6.07, 6.45) is 0. The van der Waals surface area contributed by atoms with E-state index in [1.54, 1.807) is 22.7 Å². The summed E-state index contributed by atoms with van der Waals surface area (Å²) in [5, 5.41) is 18.4. The van der Waals surface area contributed by atoms with Gasteiger partial charge in [-0.15, -0.1) is 22.7 Å². The molecule has 0 spiro atoms. The summed E-state index contributed by atoms with van der Waals surface area (Å²) in [4.78, 5) is 0. The molecule has 2 aromatic heterocycles. The number of benzene rings is 1. The highest BCUT2D eigenvalue weighted by Gasteiger charge is 2.05. The van der Waals surface area contributed by atoms with Crippen LogP contribution < -0.4 is 5.32 Å². The summed E-state index contributed by atoms with van der Waals surface area (Å²) in [5.74, 6) is 0.368. The second-order valence-electron chi connectivity index (χ2n) is 4.27. The molecule has 0 bridgehead atoms. The van der Waals surface area contributed by atoms with E-state index in [9.17, 15) is 5.11 Å². The number of rotatable bonds is 4. The highest BCUT2D eigenvalue weighted by molar-refractivity contribution is 9.11. The summed E-state index contributed by atoms with van der Waals surface area (Å²) in [5.41, 5.74) is 2.38. The van der Waals surface area contributed by atoms with E-state index in [-0.39, 0.29) is 0 Å². The molecule has 5 heteroatoms. The zero-order valence-electron chi connectivity index (χ0n) is 10.0. The molecule has 3 rings (SSSR count). The third-order valence-corrected chi connectivity index (χ3v) is 5.62. The van der Waals surface area contributed by atoms with E-state index < -0.39 is 0 Å². The van der Waals surface area contributed by atoms with Crippen LogP contribution in [0.5, 0.6) is 5.75 Å². The van der Waals surface area contributed by atoms with Crippen LogP contribution in [0.4, 0.5) is 0 Å². The highest BCUT2D eigenvalue weighted by Crippen LogP contribution is 2.30. The fourth-order valence-corrected chi connectivity index (χ4v) is 4.11. The van der Waals surface area contributed by atoms with E-state index in [4.69, 9.17) is 0 Å². The van der Waals surface area contributed by atoms with Crippen LogP contribution in [0, 0.1) is 0 Å². The van der Waals surface area contributed by atoms with Crippen molar-refractivity contribution in [2.24, 2.45) is 0 Å². The molecule has 0 saturated carbocycles. The van der Waals surface area contributed by atoms with Gasteiger partial charge in [-0.1, -0.05) is 0 Å². The molecule has 0 unspecified atom stereocenters. The molecule has 2 nitrogen and oxygen atoms in total. The topological polar surface area (TPSA) is 32.3 Å². The minimum Gasteiger partial charge on any atom is -0.507 e. The van der Waals surface area contributed by atoms with Crippen LogP contribution in [0.2, 0.25) is 0 Å². The number of phenolic OH excluding ortho intramolecular Hbond substituents is 1. The van der Waals surface area contributed by atoms with Gasteiger partial charge in [-0.05, 0) is 62.1 Å². The SMILES string of the molecule is Oc1cc(CNCc2ccsc2Br)cc2sccc12. The van der Waals surface area contributed by atoms with Gasteiger partial charge in [0.25, 0.3) is 0 Å². The van der Waals surface area contributed by atoms with Gasteiger partial charge in [-0.25, -0.2) is 0 Å². The highest BCUT2D eigenvalue weighted by atomic mass is 79.9. The summed E-state index contributed by atoms with van der Waals surface area (Å²) >= 11 is 6.88. The van der Waals surface area contributed by atoms with Crippen LogP contribution in [0.3, 0.4) is 0 Å². The van der Waals surface area contributed by atoms with Crippen molar-refractivity contribution >= 4 is 48.7 Å². The fraction of sp³-hybridized carbons (Fsp3) is 0.143. The van der Waals surface area contributed by atoms with Crippen molar-refractivity contribution in [2.45, 2.75) is 13.1 Å². The number of thiophene rings is 2. The number of hydrogen-bond donors (Lipinski definition) is 2. The molecule has 0 fully saturated rings. The van der Waals surface area contributed by atoms with E-state index in [0.717, 1.165) is 28.7 Å². The molecule has 0 amide bonds. The Morgan fingerprint density at radius 2 is 1.95 bits per heavy atom. The van der Waals surface area contributed by atoms with Gasteiger partial charge < -0.3 is 10.4 Å². The lowest BCUT2D eigenvalue weighted by molar-refractivity contribution is 0.480. The molecule has 0 aliphatic carbocycles. The van der Waals surface area contributed by atoms with Crippen LogP contribution in [0.25, 0.3) is 10.1 Å². The van der Waals surface area contributed by atoms with Crippen LogP contribution in [-0.4, -0.2) is 5.11 Å². The molecule has 0 saturated heterocycles. The van der Waals surface area contributed by atoms with Crippen molar-refractivity contribution in [3.05, 3.63) is 49.9 Å². The second-order valence-corrected chi connectivity index (χ2v) is 7.45. The molecular weight excluding hydrogens is 342 g/mol. The molecule has 2 heterocycles. The summed E-state index contributed by atoms with van der Waals surface area (Å²) in [7, 11) is 0. The van der Waals surface area contributed by atoms with Gasteiger partial charge in [0.2, 0.25) is 0 Å². The van der Waals surface area contributed by atoms with Gasteiger partial charge in [0, 0.05) is 23.2 Å². The Balaban J connectivity index is 1.70. The zero-order valence-corrected chi connectivity index (χ0v) is 13.2. The third-order valence-electron chi connectivity index (χ3n) is 2.95. The first-order valence-electron chi connectivity index (χ1n) is 5.86. The minimum atomic E-state index is 0.368. The lowest BCUT2D eigenvalue weighted by Crippen LogP contribution is -2.12. The first-order chi connectivity index (χ1) is 9.24. The van der Waals surface area contributed by atoms with Gasteiger partial charge in [0.05, 0.1) is 3.79 Å². The van der Waals surface area contributed by atoms with Gasteiger partial charge in [-0.2, -0.15) is 0 Å². The second kappa shape index (κ2) is 5.63. The monoisotopic (exact) mass is 353 g/mol. The van der Waals surface area contributed by atoms with E-state index in [0.29, 0.717) is 5.75 Å². The Kier molecular flexibility index (Phi) is 3.88. The number of nitrogens with one attached hydrogen (secondary N) is 1. The van der Waals surface area contributed by atoms with Crippen molar-refractivity contribution < 1.29 is 5.11 Å². The normalized spacial score (nSPS) is 11.2. The Labute approximate surface area is 127 Å². The van der Waals surface area contributed by atoms with Crippen LogP contribution in [0.15, 0.2) is 38.8 Å². The smallest absolute Gasteiger partial charge is 0.124 e. The summed E-state index contributed by atoms with van der Waals surface area (Å²) in [6, 6.07) is 8.04. The Hall–Kier alpha value is -0.880. The number of halogens is 1. The molecule has 19 heavy (non-hydrogen) atoms.